The molecule has 0 bridgehead atoms. The van der Waals surface area contributed by atoms with E-state index in [0.29, 0.717) is 11.1 Å². The second-order valence-corrected chi connectivity index (χ2v) is 7.29. The lowest BCUT2D eigenvalue weighted by molar-refractivity contribution is 0.0983. The van der Waals surface area contributed by atoms with Gasteiger partial charge in [0.05, 0.1) is 0 Å². The lowest BCUT2D eigenvalue weighted by Crippen LogP contribution is -2.20. The number of primary amides is 4. The molecule has 0 radical (unpaired) electrons. The molecule has 0 unspecified atom stereocenters. The molecule has 8 nitrogen and oxygen atoms in total. The smallest absolute Gasteiger partial charge is 0.249 e. The van der Waals surface area contributed by atoms with Gasteiger partial charge < -0.3 is 22.9 Å². The fourth-order valence-corrected chi connectivity index (χ4v) is 3.74. The Kier molecular flexibility index (Phi) is 6.34. The largest absolute Gasteiger partial charge is 0.366 e. The molecule has 0 aromatic heterocycles. The standard InChI is InChI=1S/C24H22N4O4/c25-21(29)15-6-2-7-16(22(26)30)19(15)11-13-4-1-5-14(10-13)12-20-17(23(27)31)8-3-9-18(20)24(28)32/h1-10H,11-12H2,(H2,25,29)(H2,26,30)(H2,27,31)(H2,28,32). The van der Waals surface area contributed by atoms with E-state index in [0.717, 1.165) is 11.1 Å². The predicted octanol–water partition coefficient (Wildman–Crippen LogP) is 1.26. The SMILES string of the molecule is NC(=O)c1cccc(C(N)=O)c1Cc1cccc(Cc2c(C(N)=O)cccc2C(N)=O)c1. The first-order valence-electron chi connectivity index (χ1n) is 9.69. The summed E-state index contributed by atoms with van der Waals surface area (Å²) < 4.78 is 0. The molecule has 0 saturated heterocycles. The van der Waals surface area contributed by atoms with Crippen molar-refractivity contribution in [1.82, 2.24) is 0 Å². The van der Waals surface area contributed by atoms with E-state index in [1.54, 1.807) is 18.2 Å². The van der Waals surface area contributed by atoms with Crippen LogP contribution in [0.2, 0.25) is 0 Å². The van der Waals surface area contributed by atoms with Crippen LogP contribution < -0.4 is 22.9 Å². The molecule has 0 fully saturated rings. The first-order chi connectivity index (χ1) is 15.2. The molecular weight excluding hydrogens is 408 g/mol. The molecule has 4 amide bonds. The van der Waals surface area contributed by atoms with Crippen molar-refractivity contribution in [3.8, 4) is 0 Å². The van der Waals surface area contributed by atoms with E-state index in [1.807, 2.05) is 18.2 Å². The summed E-state index contributed by atoms with van der Waals surface area (Å²) in [6.07, 6.45) is 0.455. The van der Waals surface area contributed by atoms with Crippen molar-refractivity contribution in [3.63, 3.8) is 0 Å². The fourth-order valence-electron chi connectivity index (χ4n) is 3.74. The summed E-state index contributed by atoms with van der Waals surface area (Å²) in [5.41, 5.74) is 25.2. The highest BCUT2D eigenvalue weighted by atomic mass is 16.2. The second kappa shape index (κ2) is 9.13. The Morgan fingerprint density at radius 1 is 0.500 bits per heavy atom. The summed E-state index contributed by atoms with van der Waals surface area (Å²) in [7, 11) is 0. The van der Waals surface area contributed by atoms with Gasteiger partial charge in [-0.05, 0) is 59.4 Å². The molecule has 32 heavy (non-hydrogen) atoms. The number of hydrogen-bond donors (Lipinski definition) is 4. The lowest BCUT2D eigenvalue weighted by atomic mass is 9.91. The van der Waals surface area contributed by atoms with Crippen LogP contribution >= 0.6 is 0 Å². The minimum Gasteiger partial charge on any atom is -0.366 e. The Morgan fingerprint density at radius 2 is 0.781 bits per heavy atom. The molecule has 3 rings (SSSR count). The average Bonchev–Trinajstić information content (AvgIpc) is 2.73. The van der Waals surface area contributed by atoms with Gasteiger partial charge in [-0.1, -0.05) is 36.4 Å². The van der Waals surface area contributed by atoms with Gasteiger partial charge in [0.2, 0.25) is 23.6 Å². The van der Waals surface area contributed by atoms with Gasteiger partial charge in [-0.25, -0.2) is 0 Å². The van der Waals surface area contributed by atoms with E-state index < -0.39 is 23.6 Å². The van der Waals surface area contributed by atoms with Crippen LogP contribution in [0, 0.1) is 0 Å². The first-order valence-corrected chi connectivity index (χ1v) is 9.69. The van der Waals surface area contributed by atoms with Crippen LogP contribution in [0.15, 0.2) is 60.7 Å². The number of rotatable bonds is 8. The molecule has 8 N–H and O–H groups in total. The van der Waals surface area contributed by atoms with E-state index in [9.17, 15) is 19.2 Å². The van der Waals surface area contributed by atoms with E-state index in [4.69, 9.17) is 22.9 Å². The summed E-state index contributed by atoms with van der Waals surface area (Å²) >= 11 is 0. The number of nitrogens with two attached hydrogens (primary N) is 4. The van der Waals surface area contributed by atoms with Gasteiger partial charge in [-0.3, -0.25) is 19.2 Å². The quantitative estimate of drug-likeness (QED) is 0.421. The summed E-state index contributed by atoms with van der Waals surface area (Å²) in [4.78, 5) is 47.5. The van der Waals surface area contributed by atoms with E-state index in [1.165, 1.54) is 24.3 Å². The lowest BCUT2D eigenvalue weighted by Gasteiger charge is -2.14. The van der Waals surface area contributed by atoms with Crippen LogP contribution in [0.25, 0.3) is 0 Å². The highest BCUT2D eigenvalue weighted by Gasteiger charge is 2.18. The van der Waals surface area contributed by atoms with Crippen LogP contribution in [0.5, 0.6) is 0 Å². The van der Waals surface area contributed by atoms with Crippen molar-refractivity contribution in [3.05, 3.63) is 105 Å². The maximum absolute atomic E-state index is 11.9. The number of carbonyl (C=O) groups excluding carboxylic acids is 4. The Labute approximate surface area is 184 Å². The Hall–Kier alpha value is -4.46. The Bertz CT molecular complexity index is 1090. The van der Waals surface area contributed by atoms with Crippen molar-refractivity contribution in [2.24, 2.45) is 22.9 Å². The molecule has 0 aliphatic carbocycles. The normalized spacial score (nSPS) is 10.5. The summed E-state index contributed by atoms with van der Waals surface area (Å²) in [5, 5.41) is 0. The zero-order valence-corrected chi connectivity index (χ0v) is 17.1. The molecule has 0 atom stereocenters. The number of benzene rings is 3. The first kappa shape index (κ1) is 22.2. The molecule has 162 valence electrons. The van der Waals surface area contributed by atoms with Crippen LogP contribution in [-0.2, 0) is 12.8 Å². The van der Waals surface area contributed by atoms with Crippen LogP contribution in [-0.4, -0.2) is 23.6 Å². The van der Waals surface area contributed by atoms with Crippen LogP contribution in [0.3, 0.4) is 0 Å². The minimum atomic E-state index is -0.666. The number of hydrogen-bond acceptors (Lipinski definition) is 4. The summed E-state index contributed by atoms with van der Waals surface area (Å²) in [6.45, 7) is 0. The van der Waals surface area contributed by atoms with Crippen molar-refractivity contribution in [2.75, 3.05) is 0 Å². The summed E-state index contributed by atoms with van der Waals surface area (Å²) in [6, 6.07) is 16.5. The van der Waals surface area contributed by atoms with Gasteiger partial charge in [0.1, 0.15) is 0 Å². The molecular formula is C24H22N4O4. The maximum atomic E-state index is 11.9. The molecule has 3 aromatic carbocycles. The van der Waals surface area contributed by atoms with Crippen molar-refractivity contribution in [1.29, 1.82) is 0 Å². The zero-order chi connectivity index (χ0) is 23.4. The van der Waals surface area contributed by atoms with Crippen molar-refractivity contribution < 1.29 is 19.2 Å². The molecule has 0 aliphatic rings. The van der Waals surface area contributed by atoms with Gasteiger partial charge in [0, 0.05) is 22.3 Å². The monoisotopic (exact) mass is 430 g/mol. The highest BCUT2D eigenvalue weighted by Crippen LogP contribution is 2.23. The second-order valence-electron chi connectivity index (χ2n) is 7.29. The maximum Gasteiger partial charge on any atom is 0.249 e. The zero-order valence-electron chi connectivity index (χ0n) is 17.1. The van der Waals surface area contributed by atoms with Crippen LogP contribution in [0.1, 0.15) is 63.7 Å². The Morgan fingerprint density at radius 3 is 1.06 bits per heavy atom. The third kappa shape index (κ3) is 4.65. The average molecular weight is 430 g/mol. The van der Waals surface area contributed by atoms with Crippen LogP contribution in [0.4, 0.5) is 0 Å². The number of carbonyl (C=O) groups is 4. The van der Waals surface area contributed by atoms with E-state index in [-0.39, 0.29) is 35.1 Å². The minimum absolute atomic E-state index is 0.210. The summed E-state index contributed by atoms with van der Waals surface area (Å²) in [5.74, 6) is -2.66. The third-order valence-corrected chi connectivity index (χ3v) is 5.17. The van der Waals surface area contributed by atoms with Gasteiger partial charge in [0.15, 0.2) is 0 Å². The number of amides is 4. The molecule has 0 spiro atoms. The van der Waals surface area contributed by atoms with Gasteiger partial charge in [-0.15, -0.1) is 0 Å². The topological polar surface area (TPSA) is 172 Å². The molecule has 0 heterocycles. The predicted molar refractivity (Wildman–Crippen MR) is 119 cm³/mol. The van der Waals surface area contributed by atoms with Gasteiger partial charge in [-0.2, -0.15) is 0 Å². The fraction of sp³-hybridized carbons (Fsp3) is 0.0833. The van der Waals surface area contributed by atoms with Crippen molar-refractivity contribution in [2.45, 2.75) is 12.8 Å². The molecule has 0 aliphatic heterocycles. The van der Waals surface area contributed by atoms with Gasteiger partial charge >= 0.3 is 0 Å². The highest BCUT2D eigenvalue weighted by molar-refractivity contribution is 6.02. The molecule has 0 saturated carbocycles. The Balaban J connectivity index is 2.03. The molecule has 3 aromatic rings. The van der Waals surface area contributed by atoms with E-state index >= 15 is 0 Å². The van der Waals surface area contributed by atoms with E-state index in [2.05, 4.69) is 0 Å². The van der Waals surface area contributed by atoms with Gasteiger partial charge in [0.25, 0.3) is 0 Å². The third-order valence-electron chi connectivity index (χ3n) is 5.17. The molecule has 8 heteroatoms. The van der Waals surface area contributed by atoms with Crippen molar-refractivity contribution >= 4 is 23.6 Å².